The van der Waals surface area contributed by atoms with E-state index >= 15 is 0 Å². The summed E-state index contributed by atoms with van der Waals surface area (Å²) in [6, 6.07) is 11.5. The summed E-state index contributed by atoms with van der Waals surface area (Å²) in [5.74, 6) is 2.53. The van der Waals surface area contributed by atoms with Crippen molar-refractivity contribution in [1.29, 1.82) is 0 Å². The number of hydrogen-bond acceptors (Lipinski definition) is 4. The SMILES string of the molecule is C#CCn1c(NCCc2ccc(C(F)(F)F)cc2)nc2c(c1=O)CN(C(=O)c1ccc(Cl)cc1)CC2.Cl. The minimum Gasteiger partial charge on any atom is -0.355 e. The van der Waals surface area contributed by atoms with E-state index in [1.54, 1.807) is 29.2 Å². The van der Waals surface area contributed by atoms with E-state index < -0.39 is 11.7 Å². The molecule has 2 heterocycles. The minimum atomic E-state index is -4.38. The Morgan fingerprint density at radius 2 is 1.81 bits per heavy atom. The van der Waals surface area contributed by atoms with Crippen molar-refractivity contribution in [3.05, 3.63) is 91.9 Å². The molecule has 0 spiro atoms. The van der Waals surface area contributed by atoms with Crippen LogP contribution in [0, 0.1) is 12.3 Å². The summed E-state index contributed by atoms with van der Waals surface area (Å²) < 4.78 is 39.6. The lowest BCUT2D eigenvalue weighted by Gasteiger charge is -2.29. The summed E-state index contributed by atoms with van der Waals surface area (Å²) >= 11 is 5.91. The fourth-order valence-electron chi connectivity index (χ4n) is 4.02. The van der Waals surface area contributed by atoms with Gasteiger partial charge in [-0.15, -0.1) is 18.8 Å². The van der Waals surface area contributed by atoms with Crippen molar-refractivity contribution < 1.29 is 18.0 Å². The number of alkyl halides is 3. The van der Waals surface area contributed by atoms with Gasteiger partial charge in [-0.25, -0.2) is 4.98 Å². The number of nitrogens with zero attached hydrogens (tertiary/aromatic N) is 3. The normalized spacial score (nSPS) is 12.8. The summed E-state index contributed by atoms with van der Waals surface area (Å²) in [6.07, 6.45) is 1.91. The highest BCUT2D eigenvalue weighted by molar-refractivity contribution is 6.30. The van der Waals surface area contributed by atoms with E-state index in [1.807, 2.05) is 0 Å². The number of halogens is 5. The van der Waals surface area contributed by atoms with Gasteiger partial charge in [-0.05, 0) is 48.4 Å². The van der Waals surface area contributed by atoms with Crippen LogP contribution in [0.15, 0.2) is 53.3 Å². The molecule has 0 fully saturated rings. The molecular weight excluding hydrogens is 528 g/mol. The van der Waals surface area contributed by atoms with Crippen LogP contribution in [0.5, 0.6) is 0 Å². The third kappa shape index (κ3) is 6.45. The van der Waals surface area contributed by atoms with E-state index in [9.17, 15) is 22.8 Å². The Labute approximate surface area is 222 Å². The van der Waals surface area contributed by atoms with Crippen molar-refractivity contribution in [1.82, 2.24) is 14.5 Å². The molecular formula is C26H23Cl2F3N4O2. The first-order valence-corrected chi connectivity index (χ1v) is 11.6. The molecule has 0 bridgehead atoms. The van der Waals surface area contributed by atoms with Gasteiger partial charge in [0.05, 0.1) is 29.9 Å². The lowest BCUT2D eigenvalue weighted by atomic mass is 10.1. The molecule has 1 amide bonds. The Morgan fingerprint density at radius 1 is 1.14 bits per heavy atom. The molecule has 1 aromatic heterocycles. The second-order valence-corrected chi connectivity index (χ2v) is 8.75. The average molecular weight is 551 g/mol. The van der Waals surface area contributed by atoms with Crippen LogP contribution >= 0.6 is 24.0 Å². The van der Waals surface area contributed by atoms with Crippen LogP contribution in [-0.4, -0.2) is 33.4 Å². The summed E-state index contributed by atoms with van der Waals surface area (Å²) in [7, 11) is 0. The Balaban J connectivity index is 0.00000380. The summed E-state index contributed by atoms with van der Waals surface area (Å²) in [5.41, 5.74) is 1.14. The Kier molecular flexibility index (Phi) is 8.89. The van der Waals surface area contributed by atoms with Crippen LogP contribution in [0.1, 0.15) is 32.7 Å². The molecule has 194 valence electrons. The van der Waals surface area contributed by atoms with Crippen LogP contribution < -0.4 is 10.9 Å². The molecule has 2 aromatic carbocycles. The second kappa shape index (κ2) is 11.7. The molecule has 0 aliphatic carbocycles. The average Bonchev–Trinajstić information content (AvgIpc) is 2.86. The van der Waals surface area contributed by atoms with E-state index in [1.165, 1.54) is 16.7 Å². The van der Waals surface area contributed by atoms with Crippen LogP contribution in [0.4, 0.5) is 19.1 Å². The molecule has 0 saturated carbocycles. The van der Waals surface area contributed by atoms with E-state index in [0.29, 0.717) is 59.3 Å². The highest BCUT2D eigenvalue weighted by Crippen LogP contribution is 2.29. The maximum atomic E-state index is 13.3. The van der Waals surface area contributed by atoms with Gasteiger partial charge in [0.2, 0.25) is 5.95 Å². The number of carbonyl (C=O) groups excluding carboxylic acids is 1. The number of aromatic nitrogens is 2. The van der Waals surface area contributed by atoms with Gasteiger partial charge in [-0.2, -0.15) is 13.2 Å². The maximum absolute atomic E-state index is 13.3. The van der Waals surface area contributed by atoms with Crippen LogP contribution in [0.2, 0.25) is 5.02 Å². The number of amides is 1. The van der Waals surface area contributed by atoms with Gasteiger partial charge in [0.1, 0.15) is 0 Å². The van der Waals surface area contributed by atoms with Gasteiger partial charge in [0.15, 0.2) is 0 Å². The number of fused-ring (bicyclic) bond motifs is 1. The van der Waals surface area contributed by atoms with Crippen LogP contribution in [0.25, 0.3) is 0 Å². The van der Waals surface area contributed by atoms with Gasteiger partial charge in [0, 0.05) is 30.1 Å². The molecule has 1 N–H and O–H groups in total. The van der Waals surface area contributed by atoms with Crippen molar-refractivity contribution >= 4 is 35.9 Å². The topological polar surface area (TPSA) is 67.2 Å². The van der Waals surface area contributed by atoms with Gasteiger partial charge in [0.25, 0.3) is 11.5 Å². The fourth-order valence-corrected chi connectivity index (χ4v) is 4.14. The Hall–Kier alpha value is -3.48. The third-order valence-electron chi connectivity index (χ3n) is 5.92. The Bertz CT molecular complexity index is 1370. The second-order valence-electron chi connectivity index (χ2n) is 8.31. The number of carbonyl (C=O) groups is 1. The molecule has 1 aliphatic heterocycles. The highest BCUT2D eigenvalue weighted by Gasteiger charge is 2.30. The maximum Gasteiger partial charge on any atom is 0.416 e. The first-order chi connectivity index (χ1) is 17.2. The molecule has 3 aromatic rings. The van der Waals surface area contributed by atoms with E-state index in [0.717, 1.165) is 12.1 Å². The smallest absolute Gasteiger partial charge is 0.355 e. The zero-order valence-electron chi connectivity index (χ0n) is 19.5. The van der Waals surface area contributed by atoms with E-state index in [2.05, 4.69) is 16.2 Å². The first-order valence-electron chi connectivity index (χ1n) is 11.2. The number of nitrogens with one attached hydrogen (secondary N) is 1. The lowest BCUT2D eigenvalue weighted by Crippen LogP contribution is -2.41. The molecule has 0 saturated heterocycles. The third-order valence-corrected chi connectivity index (χ3v) is 6.17. The summed E-state index contributed by atoms with van der Waals surface area (Å²) in [5, 5.41) is 3.61. The standard InChI is InChI=1S/C26H22ClF3N4O2.ClH/c1-2-14-34-24(36)21-16-33(23(35)18-5-9-20(27)10-6-18)15-12-22(21)32-25(34)31-13-11-17-3-7-19(8-4-17)26(28,29)30;/h1,3-10H,11-16H2,(H,31,32);1H. The monoisotopic (exact) mass is 550 g/mol. The number of hydrogen-bond donors (Lipinski definition) is 1. The minimum absolute atomic E-state index is 0. The number of benzene rings is 2. The summed E-state index contributed by atoms with van der Waals surface area (Å²) in [6.45, 7) is 0.819. The van der Waals surface area contributed by atoms with Crippen LogP contribution in [-0.2, 0) is 32.1 Å². The molecule has 4 rings (SSSR count). The largest absolute Gasteiger partial charge is 0.416 e. The molecule has 0 unspecified atom stereocenters. The Morgan fingerprint density at radius 3 is 2.43 bits per heavy atom. The predicted molar refractivity (Wildman–Crippen MR) is 138 cm³/mol. The summed E-state index contributed by atoms with van der Waals surface area (Å²) in [4.78, 5) is 32.4. The number of rotatable bonds is 6. The molecule has 0 atom stereocenters. The molecule has 0 radical (unpaired) electrons. The van der Waals surface area contributed by atoms with Crippen molar-refractivity contribution in [2.24, 2.45) is 0 Å². The first kappa shape index (κ1) is 28.1. The number of terminal acetylenes is 1. The molecule has 6 nitrogen and oxygen atoms in total. The van der Waals surface area contributed by atoms with Crippen molar-refractivity contribution in [2.45, 2.75) is 32.1 Å². The fraction of sp³-hybridized carbons (Fsp3) is 0.269. The van der Waals surface area contributed by atoms with E-state index in [-0.39, 0.29) is 37.0 Å². The van der Waals surface area contributed by atoms with Crippen molar-refractivity contribution in [2.75, 3.05) is 18.4 Å². The molecule has 1 aliphatic rings. The van der Waals surface area contributed by atoms with Crippen LogP contribution in [0.3, 0.4) is 0 Å². The van der Waals surface area contributed by atoms with Gasteiger partial charge < -0.3 is 10.2 Å². The zero-order valence-corrected chi connectivity index (χ0v) is 21.1. The highest BCUT2D eigenvalue weighted by atomic mass is 35.5. The molecule has 11 heteroatoms. The molecule has 37 heavy (non-hydrogen) atoms. The predicted octanol–water partition coefficient (Wildman–Crippen LogP) is 4.82. The lowest BCUT2D eigenvalue weighted by molar-refractivity contribution is -0.137. The van der Waals surface area contributed by atoms with Gasteiger partial charge in [-0.3, -0.25) is 14.2 Å². The van der Waals surface area contributed by atoms with E-state index in [4.69, 9.17) is 18.0 Å². The number of anilines is 1. The quantitative estimate of drug-likeness (QED) is 0.447. The van der Waals surface area contributed by atoms with Crippen molar-refractivity contribution in [3.8, 4) is 12.3 Å². The zero-order chi connectivity index (χ0) is 25.9. The van der Waals surface area contributed by atoms with Gasteiger partial charge in [-0.1, -0.05) is 29.7 Å². The van der Waals surface area contributed by atoms with Gasteiger partial charge >= 0.3 is 6.18 Å². The van der Waals surface area contributed by atoms with Crippen molar-refractivity contribution in [3.63, 3.8) is 0 Å².